The Bertz CT molecular complexity index is 732. The van der Waals surface area contributed by atoms with Crippen LogP contribution in [0.15, 0.2) is 33.7 Å². The van der Waals surface area contributed by atoms with Gasteiger partial charge in [0.05, 0.1) is 0 Å². The maximum Gasteiger partial charge on any atom is 0.411 e. The van der Waals surface area contributed by atoms with Crippen molar-refractivity contribution in [3.05, 3.63) is 35.6 Å². The summed E-state index contributed by atoms with van der Waals surface area (Å²) in [5, 5.41) is 7.24. The first kappa shape index (κ1) is 23.5. The number of ether oxygens (including phenoxy) is 1. The zero-order chi connectivity index (χ0) is 19.0. The van der Waals surface area contributed by atoms with Crippen molar-refractivity contribution < 1.29 is 22.3 Å². The van der Waals surface area contributed by atoms with E-state index in [0.29, 0.717) is 32.0 Å². The van der Waals surface area contributed by atoms with Crippen LogP contribution in [-0.4, -0.2) is 38.4 Å². The van der Waals surface area contributed by atoms with E-state index in [2.05, 4.69) is 20.4 Å². The summed E-state index contributed by atoms with van der Waals surface area (Å²) in [4.78, 5) is 4.48. The number of benzene rings is 1. The summed E-state index contributed by atoms with van der Waals surface area (Å²) in [5.74, 6) is 1.38. The monoisotopic (exact) mass is 499 g/mol. The van der Waals surface area contributed by atoms with Gasteiger partial charge >= 0.3 is 6.18 Å². The third kappa shape index (κ3) is 7.96. The number of nitrogens with one attached hydrogen (secondary N) is 2. The molecule has 0 spiro atoms. The summed E-state index contributed by atoms with van der Waals surface area (Å²) in [6.07, 6.45) is -3.83. The van der Waals surface area contributed by atoms with Crippen LogP contribution in [0.3, 0.4) is 0 Å². The van der Waals surface area contributed by atoms with Crippen molar-refractivity contribution in [2.24, 2.45) is 4.99 Å². The molecule has 2 aromatic rings. The molecule has 1 aromatic heterocycles. The van der Waals surface area contributed by atoms with E-state index in [1.54, 1.807) is 0 Å². The molecule has 0 fully saturated rings. The number of hydrogen-bond acceptors (Lipinski definition) is 3. The molecule has 2 rings (SSSR count). The third-order valence-corrected chi connectivity index (χ3v) is 3.69. The Hall–Kier alpha value is -1.49. The molecule has 0 bridgehead atoms. The highest BCUT2D eigenvalue weighted by molar-refractivity contribution is 14.0. The molecule has 0 aliphatic rings. The van der Waals surface area contributed by atoms with Gasteiger partial charge in [0.2, 0.25) is 0 Å². The van der Waals surface area contributed by atoms with Crippen LogP contribution in [0.5, 0.6) is 0 Å². The van der Waals surface area contributed by atoms with Gasteiger partial charge in [-0.3, -0.25) is 0 Å². The van der Waals surface area contributed by atoms with Crippen molar-refractivity contribution in [1.29, 1.82) is 0 Å². The van der Waals surface area contributed by atoms with Crippen LogP contribution in [0.2, 0.25) is 0 Å². The Morgan fingerprint density at radius 2 is 1.96 bits per heavy atom. The minimum atomic E-state index is -4.28. The second-order valence-corrected chi connectivity index (χ2v) is 5.79. The molecule has 1 heterocycles. The van der Waals surface area contributed by atoms with Crippen LogP contribution in [-0.2, 0) is 11.3 Å². The van der Waals surface area contributed by atoms with Crippen LogP contribution >= 0.6 is 24.0 Å². The van der Waals surface area contributed by atoms with Gasteiger partial charge in [0.25, 0.3) is 0 Å². The summed E-state index contributed by atoms with van der Waals surface area (Å²) >= 11 is 0. The first-order valence-corrected chi connectivity index (χ1v) is 8.54. The maximum absolute atomic E-state index is 12.0. The van der Waals surface area contributed by atoms with Crippen LogP contribution in [0.1, 0.15) is 24.7 Å². The van der Waals surface area contributed by atoms with Crippen molar-refractivity contribution in [3.8, 4) is 0 Å². The number of alkyl halides is 3. The fourth-order valence-corrected chi connectivity index (χ4v) is 2.44. The van der Waals surface area contributed by atoms with Gasteiger partial charge in [0, 0.05) is 30.6 Å². The van der Waals surface area contributed by atoms with Crippen LogP contribution in [0.4, 0.5) is 13.2 Å². The Morgan fingerprint density at radius 1 is 1.22 bits per heavy atom. The van der Waals surface area contributed by atoms with Gasteiger partial charge in [0.1, 0.15) is 24.5 Å². The fourth-order valence-electron chi connectivity index (χ4n) is 2.44. The highest BCUT2D eigenvalue weighted by Crippen LogP contribution is 2.25. The van der Waals surface area contributed by atoms with Crippen LogP contribution < -0.4 is 10.6 Å². The van der Waals surface area contributed by atoms with Crippen molar-refractivity contribution in [2.45, 2.75) is 33.0 Å². The molecule has 152 valence electrons. The van der Waals surface area contributed by atoms with Gasteiger partial charge in [-0.25, -0.2) is 4.99 Å². The van der Waals surface area contributed by atoms with E-state index >= 15 is 0 Å². The first-order valence-electron chi connectivity index (χ1n) is 8.54. The Balaban J connectivity index is 0.00000364. The third-order valence-electron chi connectivity index (χ3n) is 3.69. The Kier molecular flexibility index (Phi) is 9.92. The lowest BCUT2D eigenvalue weighted by Crippen LogP contribution is -2.38. The zero-order valence-corrected chi connectivity index (χ0v) is 17.7. The number of fused-ring (bicyclic) bond motifs is 1. The van der Waals surface area contributed by atoms with Gasteiger partial charge in [-0.2, -0.15) is 13.2 Å². The van der Waals surface area contributed by atoms with Crippen molar-refractivity contribution >= 4 is 40.9 Å². The fraction of sp³-hybridized carbons (Fsp3) is 0.500. The van der Waals surface area contributed by atoms with E-state index in [9.17, 15) is 13.2 Å². The van der Waals surface area contributed by atoms with Gasteiger partial charge in [-0.05, 0) is 26.3 Å². The van der Waals surface area contributed by atoms with Gasteiger partial charge in [0.15, 0.2) is 5.96 Å². The van der Waals surface area contributed by atoms with Crippen molar-refractivity contribution in [2.75, 3.05) is 26.3 Å². The smallest absolute Gasteiger partial charge is 0.411 e. The number of rotatable bonds is 8. The highest BCUT2D eigenvalue weighted by atomic mass is 127. The molecular formula is C18H25F3IN3O2. The lowest BCUT2D eigenvalue weighted by Gasteiger charge is -2.11. The standard InChI is InChI=1S/C18H24F3N3O2.HI/c1-3-22-17(23-9-6-10-25-12-18(19,20)21)24-11-16-13(2)14-7-4-5-8-15(14)26-16;/h4-5,7-8H,3,6,9-12H2,1-2H3,(H2,22,23,24);1H. The average molecular weight is 499 g/mol. The SMILES string of the molecule is CCNC(=NCc1oc2ccccc2c1C)NCCCOCC(F)(F)F.I. The zero-order valence-electron chi connectivity index (χ0n) is 15.4. The molecule has 0 amide bonds. The summed E-state index contributed by atoms with van der Waals surface area (Å²) in [6, 6.07) is 7.81. The molecule has 2 N–H and O–H groups in total. The van der Waals surface area contributed by atoms with Crippen LogP contribution in [0.25, 0.3) is 11.0 Å². The Labute approximate surface area is 173 Å². The van der Waals surface area contributed by atoms with E-state index in [-0.39, 0.29) is 30.6 Å². The molecule has 5 nitrogen and oxygen atoms in total. The first-order chi connectivity index (χ1) is 12.4. The summed E-state index contributed by atoms with van der Waals surface area (Å²) in [7, 11) is 0. The van der Waals surface area contributed by atoms with E-state index in [1.807, 2.05) is 38.1 Å². The molecule has 27 heavy (non-hydrogen) atoms. The molecule has 0 atom stereocenters. The molecule has 9 heteroatoms. The van der Waals surface area contributed by atoms with Gasteiger partial charge in [-0.1, -0.05) is 18.2 Å². The molecule has 0 unspecified atom stereocenters. The molecular weight excluding hydrogens is 474 g/mol. The summed E-state index contributed by atoms with van der Waals surface area (Å²) in [6.45, 7) is 4.27. The van der Waals surface area contributed by atoms with Gasteiger partial charge in [-0.15, -0.1) is 24.0 Å². The molecule has 0 saturated carbocycles. The number of hydrogen-bond donors (Lipinski definition) is 2. The highest BCUT2D eigenvalue weighted by Gasteiger charge is 2.27. The number of nitrogens with zero attached hydrogens (tertiary/aromatic N) is 1. The lowest BCUT2D eigenvalue weighted by atomic mass is 10.1. The predicted octanol–water partition coefficient (Wildman–Crippen LogP) is 4.38. The molecule has 0 aliphatic carbocycles. The number of guanidine groups is 1. The van der Waals surface area contributed by atoms with E-state index in [4.69, 9.17) is 4.42 Å². The van der Waals surface area contributed by atoms with E-state index in [0.717, 1.165) is 22.3 Å². The minimum Gasteiger partial charge on any atom is -0.459 e. The second kappa shape index (κ2) is 11.4. The molecule has 0 aliphatic heterocycles. The predicted molar refractivity (Wildman–Crippen MR) is 111 cm³/mol. The van der Waals surface area contributed by atoms with Gasteiger partial charge < -0.3 is 19.8 Å². The topological polar surface area (TPSA) is 58.8 Å². The van der Waals surface area contributed by atoms with E-state index in [1.165, 1.54) is 0 Å². The largest absolute Gasteiger partial charge is 0.459 e. The summed E-state index contributed by atoms with van der Waals surface area (Å²) in [5.41, 5.74) is 1.88. The normalized spacial score (nSPS) is 12.1. The number of furan rings is 1. The number of para-hydroxylation sites is 1. The Morgan fingerprint density at radius 3 is 2.63 bits per heavy atom. The van der Waals surface area contributed by atoms with E-state index < -0.39 is 12.8 Å². The van der Waals surface area contributed by atoms with Crippen molar-refractivity contribution in [1.82, 2.24) is 10.6 Å². The quantitative estimate of drug-likeness (QED) is 0.245. The maximum atomic E-state index is 12.0. The van der Waals surface area contributed by atoms with Crippen molar-refractivity contribution in [3.63, 3.8) is 0 Å². The number of aliphatic imine (C=N–C) groups is 1. The van der Waals surface area contributed by atoms with Crippen LogP contribution in [0, 0.1) is 6.92 Å². The lowest BCUT2D eigenvalue weighted by molar-refractivity contribution is -0.173. The molecule has 0 radical (unpaired) electrons. The summed E-state index contributed by atoms with van der Waals surface area (Å²) < 4.78 is 46.4. The average Bonchev–Trinajstić information content (AvgIpc) is 2.91. The molecule has 1 aromatic carbocycles. The molecule has 0 saturated heterocycles. The second-order valence-electron chi connectivity index (χ2n) is 5.79. The minimum absolute atomic E-state index is 0. The number of halogens is 4. The number of aryl methyl sites for hydroxylation is 1.